The van der Waals surface area contributed by atoms with Crippen molar-refractivity contribution in [3.05, 3.63) is 23.9 Å². The molecule has 1 aromatic carbocycles. The summed E-state index contributed by atoms with van der Waals surface area (Å²) in [5.74, 6) is 0.827. The predicted octanol–water partition coefficient (Wildman–Crippen LogP) is 2.13. The Morgan fingerprint density at radius 2 is 2.31 bits per heavy atom. The molecule has 0 radical (unpaired) electrons. The van der Waals surface area contributed by atoms with E-state index < -0.39 is 0 Å². The third-order valence-corrected chi connectivity index (χ3v) is 2.20. The maximum atomic E-state index is 5.20. The van der Waals surface area contributed by atoms with Crippen LogP contribution >= 0.6 is 0 Å². The second-order valence-corrected chi connectivity index (χ2v) is 2.91. The highest BCUT2D eigenvalue weighted by molar-refractivity contribution is 5.86. The average molecular weight is 176 g/mol. The van der Waals surface area contributed by atoms with Gasteiger partial charge in [-0.25, -0.2) is 0 Å². The minimum atomic E-state index is 0.827. The summed E-state index contributed by atoms with van der Waals surface area (Å²) in [5, 5.41) is 8.37. The van der Waals surface area contributed by atoms with Crippen LogP contribution in [0.4, 0.5) is 0 Å². The van der Waals surface area contributed by atoms with Crippen molar-refractivity contribution in [1.29, 1.82) is 0 Å². The summed E-state index contributed by atoms with van der Waals surface area (Å²) in [4.78, 5) is 0. The Kier molecular flexibility index (Phi) is 1.93. The van der Waals surface area contributed by atoms with Crippen molar-refractivity contribution in [3.63, 3.8) is 0 Å². The second kappa shape index (κ2) is 3.09. The van der Waals surface area contributed by atoms with E-state index in [1.165, 1.54) is 0 Å². The third kappa shape index (κ3) is 1.16. The third-order valence-electron chi connectivity index (χ3n) is 2.20. The summed E-state index contributed by atoms with van der Waals surface area (Å²) in [6, 6.07) is 5.96. The molecule has 0 saturated heterocycles. The number of aryl methyl sites for hydroxylation is 1. The van der Waals surface area contributed by atoms with Crippen LogP contribution in [-0.4, -0.2) is 17.3 Å². The van der Waals surface area contributed by atoms with Crippen LogP contribution in [0.5, 0.6) is 5.75 Å². The van der Waals surface area contributed by atoms with E-state index in [-0.39, 0.29) is 0 Å². The zero-order valence-corrected chi connectivity index (χ0v) is 7.79. The molecule has 0 aliphatic heterocycles. The van der Waals surface area contributed by atoms with Gasteiger partial charge in [-0.2, -0.15) is 5.10 Å². The van der Waals surface area contributed by atoms with Gasteiger partial charge < -0.3 is 4.74 Å². The van der Waals surface area contributed by atoms with Gasteiger partial charge in [0.15, 0.2) is 0 Å². The Morgan fingerprint density at radius 3 is 3.00 bits per heavy atom. The Bertz CT molecular complexity index is 420. The molecule has 0 bridgehead atoms. The first kappa shape index (κ1) is 8.10. The Hall–Kier alpha value is -1.51. The lowest BCUT2D eigenvalue weighted by atomic mass is 10.2. The van der Waals surface area contributed by atoms with Crippen LogP contribution in [0.25, 0.3) is 10.9 Å². The van der Waals surface area contributed by atoms with Crippen molar-refractivity contribution in [2.24, 2.45) is 0 Å². The molecule has 13 heavy (non-hydrogen) atoms. The van der Waals surface area contributed by atoms with E-state index in [4.69, 9.17) is 4.74 Å². The first-order valence-electron chi connectivity index (χ1n) is 4.36. The fraction of sp³-hybridized carbons (Fsp3) is 0.300. The molecule has 0 saturated carbocycles. The molecule has 3 nitrogen and oxygen atoms in total. The van der Waals surface area contributed by atoms with Crippen LogP contribution in [0.1, 0.15) is 12.6 Å². The molecule has 1 N–H and O–H groups in total. The van der Waals surface area contributed by atoms with Gasteiger partial charge in [-0.15, -0.1) is 0 Å². The minimum absolute atomic E-state index is 0.827. The van der Waals surface area contributed by atoms with Crippen LogP contribution in [0.2, 0.25) is 0 Å². The smallest absolute Gasteiger partial charge is 0.146 e. The highest BCUT2D eigenvalue weighted by Gasteiger charge is 2.06. The molecule has 68 valence electrons. The van der Waals surface area contributed by atoms with E-state index in [9.17, 15) is 0 Å². The van der Waals surface area contributed by atoms with E-state index in [0.717, 1.165) is 28.8 Å². The van der Waals surface area contributed by atoms with Crippen LogP contribution < -0.4 is 4.74 Å². The summed E-state index contributed by atoms with van der Waals surface area (Å²) in [6.07, 6.45) is 0.962. The number of methoxy groups -OCH3 is 1. The number of hydrogen-bond donors (Lipinski definition) is 1. The lowest BCUT2D eigenvalue weighted by molar-refractivity contribution is 0.419. The quantitative estimate of drug-likeness (QED) is 0.761. The largest absolute Gasteiger partial charge is 0.494 e. The van der Waals surface area contributed by atoms with Gasteiger partial charge in [-0.3, -0.25) is 5.10 Å². The summed E-state index contributed by atoms with van der Waals surface area (Å²) in [7, 11) is 1.66. The molecule has 1 aromatic heterocycles. The van der Waals surface area contributed by atoms with Gasteiger partial charge in [0.2, 0.25) is 0 Å². The van der Waals surface area contributed by atoms with Gasteiger partial charge in [-0.1, -0.05) is 19.1 Å². The van der Waals surface area contributed by atoms with Gasteiger partial charge >= 0.3 is 0 Å². The van der Waals surface area contributed by atoms with Gasteiger partial charge in [0.05, 0.1) is 7.11 Å². The topological polar surface area (TPSA) is 37.9 Å². The zero-order valence-electron chi connectivity index (χ0n) is 7.79. The standard InChI is InChI=1S/C10H12N2O/c1-3-8-7-5-4-6-9(13-2)10(7)12-11-8/h4-6H,3H2,1-2H3,(H,11,12). The second-order valence-electron chi connectivity index (χ2n) is 2.91. The average Bonchev–Trinajstić information content (AvgIpc) is 2.60. The fourth-order valence-electron chi connectivity index (χ4n) is 1.50. The van der Waals surface area contributed by atoms with Gasteiger partial charge in [0.1, 0.15) is 11.3 Å². The van der Waals surface area contributed by atoms with Gasteiger partial charge in [-0.05, 0) is 12.5 Å². The van der Waals surface area contributed by atoms with Crippen LogP contribution in [0.15, 0.2) is 18.2 Å². The molecule has 0 aliphatic carbocycles. The van der Waals surface area contributed by atoms with Crippen molar-refractivity contribution in [2.45, 2.75) is 13.3 Å². The molecular weight excluding hydrogens is 164 g/mol. The normalized spacial score (nSPS) is 10.6. The molecular formula is C10H12N2O. The number of benzene rings is 1. The SMILES string of the molecule is CCc1[nH]nc2c(OC)cccc12. The highest BCUT2D eigenvalue weighted by Crippen LogP contribution is 2.25. The highest BCUT2D eigenvalue weighted by atomic mass is 16.5. The molecule has 2 aromatic rings. The van der Waals surface area contributed by atoms with E-state index in [0.29, 0.717) is 0 Å². The number of aromatic nitrogens is 2. The van der Waals surface area contributed by atoms with Crippen molar-refractivity contribution < 1.29 is 4.74 Å². The van der Waals surface area contributed by atoms with Crippen molar-refractivity contribution in [3.8, 4) is 5.75 Å². The molecule has 2 rings (SSSR count). The predicted molar refractivity (Wildman–Crippen MR) is 52.0 cm³/mol. The Balaban J connectivity index is 2.72. The molecule has 0 spiro atoms. The summed E-state index contributed by atoms with van der Waals surface area (Å²) in [5.41, 5.74) is 2.08. The molecule has 0 aliphatic rings. The lowest BCUT2D eigenvalue weighted by Gasteiger charge is -1.98. The fourth-order valence-corrected chi connectivity index (χ4v) is 1.50. The number of aromatic amines is 1. The van der Waals surface area contributed by atoms with Crippen LogP contribution in [-0.2, 0) is 6.42 Å². The summed E-state index contributed by atoms with van der Waals surface area (Å²) in [6.45, 7) is 2.10. The summed E-state index contributed by atoms with van der Waals surface area (Å²) < 4.78 is 5.20. The molecule has 0 fully saturated rings. The maximum Gasteiger partial charge on any atom is 0.146 e. The maximum absolute atomic E-state index is 5.20. The Labute approximate surface area is 76.7 Å². The number of rotatable bonds is 2. The molecule has 1 heterocycles. The Morgan fingerprint density at radius 1 is 1.46 bits per heavy atom. The monoisotopic (exact) mass is 176 g/mol. The first-order valence-corrected chi connectivity index (χ1v) is 4.36. The number of fused-ring (bicyclic) bond motifs is 1. The van der Waals surface area contributed by atoms with Crippen molar-refractivity contribution >= 4 is 10.9 Å². The van der Waals surface area contributed by atoms with E-state index in [1.54, 1.807) is 7.11 Å². The first-order chi connectivity index (χ1) is 6.36. The van der Waals surface area contributed by atoms with E-state index in [2.05, 4.69) is 23.2 Å². The number of para-hydroxylation sites is 1. The van der Waals surface area contributed by atoms with Crippen molar-refractivity contribution in [1.82, 2.24) is 10.2 Å². The summed E-state index contributed by atoms with van der Waals surface area (Å²) >= 11 is 0. The molecule has 3 heteroatoms. The number of nitrogens with one attached hydrogen (secondary N) is 1. The lowest BCUT2D eigenvalue weighted by Crippen LogP contribution is -1.83. The van der Waals surface area contributed by atoms with Gasteiger partial charge in [0, 0.05) is 11.1 Å². The van der Waals surface area contributed by atoms with Crippen LogP contribution in [0.3, 0.4) is 0 Å². The number of nitrogens with zero attached hydrogens (tertiary/aromatic N) is 1. The number of hydrogen-bond acceptors (Lipinski definition) is 2. The minimum Gasteiger partial charge on any atom is -0.494 e. The van der Waals surface area contributed by atoms with E-state index >= 15 is 0 Å². The zero-order chi connectivity index (χ0) is 9.26. The number of ether oxygens (including phenoxy) is 1. The molecule has 0 amide bonds. The van der Waals surface area contributed by atoms with E-state index in [1.807, 2.05) is 12.1 Å². The van der Waals surface area contributed by atoms with Crippen LogP contribution in [0, 0.1) is 0 Å². The number of H-pyrrole nitrogens is 1. The van der Waals surface area contributed by atoms with Crippen molar-refractivity contribution in [2.75, 3.05) is 7.11 Å². The molecule has 0 unspecified atom stereocenters. The van der Waals surface area contributed by atoms with Gasteiger partial charge in [0.25, 0.3) is 0 Å². The molecule has 0 atom stereocenters.